The Balaban J connectivity index is 2.95. The van der Waals surface area contributed by atoms with E-state index in [0.29, 0.717) is 6.07 Å². The molecule has 0 unspecified atom stereocenters. The lowest BCUT2D eigenvalue weighted by Crippen LogP contribution is -2.19. The molecule has 1 rings (SSSR count). The van der Waals surface area contributed by atoms with Gasteiger partial charge in [0.1, 0.15) is 0 Å². The molecule has 1 aromatic rings. The highest BCUT2D eigenvalue weighted by molar-refractivity contribution is 6.28. The summed E-state index contributed by atoms with van der Waals surface area (Å²) in [5.41, 5.74) is -8.17. The summed E-state index contributed by atoms with van der Waals surface area (Å²) in [4.78, 5) is 6.30. The van der Waals surface area contributed by atoms with Gasteiger partial charge in [-0.25, -0.2) is 0 Å². The Bertz CT molecular complexity index is 375. The van der Waals surface area contributed by atoms with E-state index in [0.717, 1.165) is 0 Å². The molecule has 17 heavy (non-hydrogen) atoms. The van der Waals surface area contributed by atoms with Crippen molar-refractivity contribution in [3.63, 3.8) is 0 Å². The Morgan fingerprint density at radius 3 is 1.59 bits per heavy atom. The molecule has 1 heterocycles. The molecule has 0 atom stereocenters. The zero-order valence-electron chi connectivity index (χ0n) is 7.43. The molecule has 0 aliphatic heterocycles. The number of aromatic nitrogens is 2. The molecule has 96 valence electrons. The predicted molar refractivity (Wildman–Crippen MR) is 49.9 cm³/mol. The van der Waals surface area contributed by atoms with Gasteiger partial charge in [0, 0.05) is 23.2 Å². The number of nitrogens with zero attached hydrogens (tertiary/aromatic N) is 2. The van der Waals surface area contributed by atoms with Crippen LogP contribution in [0.15, 0.2) is 6.07 Å². The van der Waals surface area contributed by atoms with E-state index in [1.165, 1.54) is 0 Å². The fraction of sp³-hybridized carbons (Fsp3) is 0.333. The molecule has 0 saturated carbocycles. The first kappa shape index (κ1) is 14.3. The second-order valence-electron chi connectivity index (χ2n) is 2.41. The summed E-state index contributed by atoms with van der Waals surface area (Å²) in [6.45, 7) is 0. The molecule has 0 spiro atoms. The summed E-state index contributed by atoms with van der Waals surface area (Å²) in [5, 5.41) is -0.667. The summed E-state index contributed by atoms with van der Waals surface area (Å²) in [6.07, 6.45) is 0. The zero-order valence-corrected chi connectivity index (χ0v) is 9.70. The minimum Gasteiger partial charge on any atom is -0.402 e. The van der Waals surface area contributed by atoms with Gasteiger partial charge in [0.2, 0.25) is 17.0 Å². The van der Waals surface area contributed by atoms with Gasteiger partial charge in [-0.15, -0.1) is 17.6 Å². The fourth-order valence-electron chi connectivity index (χ4n) is 0.719. The molecule has 4 nitrogen and oxygen atoms in total. The van der Waals surface area contributed by atoms with Crippen molar-refractivity contribution in [2.45, 2.75) is 11.1 Å². The van der Waals surface area contributed by atoms with E-state index in [1.54, 1.807) is 0 Å². The highest BCUT2D eigenvalue weighted by Crippen LogP contribution is 2.29. The van der Waals surface area contributed by atoms with Gasteiger partial charge in [-0.1, -0.05) is 0 Å². The van der Waals surface area contributed by atoms with Crippen LogP contribution in [0.3, 0.4) is 0 Å². The number of halogens is 7. The van der Waals surface area contributed by atoms with Gasteiger partial charge >= 0.3 is 11.1 Å². The van der Waals surface area contributed by atoms with Crippen LogP contribution in [0.4, 0.5) is 17.6 Å². The second-order valence-corrected chi connectivity index (χ2v) is 3.63. The average molecular weight is 315 g/mol. The molecule has 0 fully saturated rings. The van der Waals surface area contributed by atoms with Crippen molar-refractivity contribution in [1.82, 2.24) is 9.97 Å². The van der Waals surface area contributed by atoms with Crippen LogP contribution in [0.1, 0.15) is 0 Å². The maximum Gasteiger partial charge on any atom is 0.488 e. The number of alkyl halides is 6. The average Bonchev–Trinajstić information content (AvgIpc) is 1.93. The third-order valence-electron chi connectivity index (χ3n) is 1.09. The molecule has 0 aromatic carbocycles. The van der Waals surface area contributed by atoms with Crippen LogP contribution in [0, 0.1) is 0 Å². The van der Waals surface area contributed by atoms with Crippen LogP contribution >= 0.6 is 34.8 Å². The van der Waals surface area contributed by atoms with Gasteiger partial charge in [-0.05, 0) is 11.6 Å². The summed E-state index contributed by atoms with van der Waals surface area (Å²) in [5.74, 6) is -1.72. The SMILES string of the molecule is FC(F)(Cl)Oc1cc(OC(F)(F)Cl)nc(Cl)n1. The maximum atomic E-state index is 12.2. The first-order valence-electron chi connectivity index (χ1n) is 3.61. The first-order chi connectivity index (χ1) is 7.55. The Hall–Kier alpha value is -0.730. The van der Waals surface area contributed by atoms with Crippen LogP contribution in [-0.4, -0.2) is 21.1 Å². The highest BCUT2D eigenvalue weighted by Gasteiger charge is 2.31. The maximum absolute atomic E-state index is 12.2. The molecular weight excluding hydrogens is 314 g/mol. The van der Waals surface area contributed by atoms with Crippen LogP contribution in [-0.2, 0) is 0 Å². The van der Waals surface area contributed by atoms with E-state index >= 15 is 0 Å². The molecule has 1 aromatic heterocycles. The van der Waals surface area contributed by atoms with Gasteiger partial charge in [0.15, 0.2) is 0 Å². The van der Waals surface area contributed by atoms with Gasteiger partial charge in [0.25, 0.3) is 0 Å². The van der Waals surface area contributed by atoms with Crippen molar-refractivity contribution in [3.8, 4) is 11.8 Å². The standard InChI is InChI=1S/C6HCl3F4N2O2/c7-4-14-2(16-5(8,10)11)1-3(15-4)17-6(9,12)13/h1H. The number of ether oxygens (including phenoxy) is 2. The minimum atomic E-state index is -4.08. The Labute approximate surface area is 106 Å². The lowest BCUT2D eigenvalue weighted by Gasteiger charge is -2.12. The van der Waals surface area contributed by atoms with Crippen molar-refractivity contribution < 1.29 is 27.0 Å². The summed E-state index contributed by atoms with van der Waals surface area (Å²) in [6, 6.07) is 0.512. The van der Waals surface area contributed by atoms with Crippen LogP contribution in [0.2, 0.25) is 5.28 Å². The molecule has 0 bridgehead atoms. The molecule has 11 heteroatoms. The molecule has 0 aliphatic rings. The summed E-state index contributed by atoms with van der Waals surface area (Å²) in [7, 11) is 0. The quantitative estimate of drug-likeness (QED) is 0.485. The third kappa shape index (κ3) is 5.94. The van der Waals surface area contributed by atoms with E-state index in [-0.39, 0.29) is 0 Å². The van der Waals surface area contributed by atoms with E-state index in [4.69, 9.17) is 11.6 Å². The fourth-order valence-corrected chi connectivity index (χ4v) is 1.04. The van der Waals surface area contributed by atoms with Crippen LogP contribution in [0.5, 0.6) is 11.8 Å². The smallest absolute Gasteiger partial charge is 0.402 e. The van der Waals surface area contributed by atoms with Gasteiger partial charge in [-0.3, -0.25) is 0 Å². The molecule has 0 N–H and O–H groups in total. The number of rotatable bonds is 4. The normalized spacial score (nSPS) is 12.4. The largest absolute Gasteiger partial charge is 0.488 e. The second kappa shape index (κ2) is 4.87. The Morgan fingerprint density at radius 1 is 0.941 bits per heavy atom. The van der Waals surface area contributed by atoms with Crippen molar-refractivity contribution in [2.75, 3.05) is 0 Å². The van der Waals surface area contributed by atoms with Crippen molar-refractivity contribution >= 4 is 34.8 Å². The predicted octanol–water partition coefficient (Wildman–Crippen LogP) is 3.47. The topological polar surface area (TPSA) is 44.2 Å². The Kier molecular flexibility index (Phi) is 4.11. The van der Waals surface area contributed by atoms with Crippen molar-refractivity contribution in [3.05, 3.63) is 11.3 Å². The Morgan fingerprint density at radius 2 is 1.29 bits per heavy atom. The van der Waals surface area contributed by atoms with E-state index in [2.05, 4.69) is 42.6 Å². The minimum absolute atomic E-state index is 0.512. The lowest BCUT2D eigenvalue weighted by atomic mass is 10.6. The molecule has 0 saturated heterocycles. The summed E-state index contributed by atoms with van der Waals surface area (Å²) < 4.78 is 56.5. The van der Waals surface area contributed by atoms with Gasteiger partial charge in [0.05, 0.1) is 6.07 Å². The summed E-state index contributed by atoms with van der Waals surface area (Å²) >= 11 is 14.1. The molecule has 0 radical (unpaired) electrons. The third-order valence-corrected chi connectivity index (χ3v) is 1.42. The van der Waals surface area contributed by atoms with Crippen LogP contribution < -0.4 is 9.47 Å². The van der Waals surface area contributed by atoms with Crippen molar-refractivity contribution in [1.29, 1.82) is 0 Å². The molecule has 0 aliphatic carbocycles. The van der Waals surface area contributed by atoms with Crippen LogP contribution in [0.25, 0.3) is 0 Å². The monoisotopic (exact) mass is 314 g/mol. The first-order valence-corrected chi connectivity index (χ1v) is 4.75. The molecule has 0 amide bonds. The van der Waals surface area contributed by atoms with E-state index in [1.807, 2.05) is 0 Å². The number of hydrogen-bond donors (Lipinski definition) is 0. The molecular formula is C6HCl3F4N2O2. The number of hydrogen-bond acceptors (Lipinski definition) is 4. The van der Waals surface area contributed by atoms with E-state index in [9.17, 15) is 17.6 Å². The zero-order chi connectivity index (χ0) is 13.3. The van der Waals surface area contributed by atoms with E-state index < -0.39 is 28.2 Å². The van der Waals surface area contributed by atoms with Gasteiger partial charge in [-0.2, -0.15) is 9.97 Å². The lowest BCUT2D eigenvalue weighted by molar-refractivity contribution is -0.104. The highest BCUT2D eigenvalue weighted by atomic mass is 35.5. The van der Waals surface area contributed by atoms with Gasteiger partial charge < -0.3 is 9.47 Å². The van der Waals surface area contributed by atoms with Crippen molar-refractivity contribution in [2.24, 2.45) is 0 Å².